The number of pyridine rings is 1. The highest BCUT2D eigenvalue weighted by Gasteiger charge is 2.18. The molecule has 1 fully saturated rings. The number of hydrogen-bond donors (Lipinski definition) is 1. The van der Waals surface area contributed by atoms with Gasteiger partial charge >= 0.3 is 0 Å². The molecule has 3 rings (SSSR count). The van der Waals surface area contributed by atoms with Gasteiger partial charge in [0.2, 0.25) is 0 Å². The zero-order valence-corrected chi connectivity index (χ0v) is 18.6. The van der Waals surface area contributed by atoms with Gasteiger partial charge in [0.15, 0.2) is 5.96 Å². The van der Waals surface area contributed by atoms with E-state index in [0.29, 0.717) is 13.2 Å². The molecule has 1 N–H and O–H groups in total. The van der Waals surface area contributed by atoms with Gasteiger partial charge in [-0.3, -0.25) is 4.99 Å². The summed E-state index contributed by atoms with van der Waals surface area (Å²) in [5.74, 6) is 2.83. The molecule has 0 saturated carbocycles. The Balaban J connectivity index is 1.60. The SMILES string of the molecule is CCOc1ccc(CN(C)C(=NC)NCc2cccnc2N2CCN(C)CC2)cc1. The number of hydrogen-bond acceptors (Lipinski definition) is 5. The van der Waals surface area contributed by atoms with E-state index in [4.69, 9.17) is 4.74 Å². The van der Waals surface area contributed by atoms with Crippen LogP contribution in [-0.2, 0) is 13.1 Å². The van der Waals surface area contributed by atoms with E-state index >= 15 is 0 Å². The van der Waals surface area contributed by atoms with E-state index in [1.807, 2.05) is 38.4 Å². The van der Waals surface area contributed by atoms with Crippen molar-refractivity contribution >= 4 is 11.8 Å². The lowest BCUT2D eigenvalue weighted by Crippen LogP contribution is -2.45. The van der Waals surface area contributed by atoms with Crippen molar-refractivity contribution in [3.63, 3.8) is 0 Å². The Morgan fingerprint density at radius 2 is 1.90 bits per heavy atom. The summed E-state index contributed by atoms with van der Waals surface area (Å²) < 4.78 is 5.53. The Kier molecular flexibility index (Phi) is 7.90. The van der Waals surface area contributed by atoms with E-state index < -0.39 is 0 Å². The van der Waals surface area contributed by atoms with Crippen molar-refractivity contribution in [2.45, 2.75) is 20.0 Å². The van der Waals surface area contributed by atoms with E-state index in [9.17, 15) is 0 Å². The lowest BCUT2D eigenvalue weighted by atomic mass is 10.2. The van der Waals surface area contributed by atoms with Crippen molar-refractivity contribution < 1.29 is 4.74 Å². The van der Waals surface area contributed by atoms with Crippen LogP contribution in [0.5, 0.6) is 5.75 Å². The average molecular weight is 411 g/mol. The third-order valence-corrected chi connectivity index (χ3v) is 5.33. The van der Waals surface area contributed by atoms with Crippen molar-refractivity contribution in [3.05, 3.63) is 53.7 Å². The number of piperazine rings is 1. The number of benzene rings is 1. The summed E-state index contributed by atoms with van der Waals surface area (Å²) in [5, 5.41) is 3.50. The molecule has 0 bridgehead atoms. The van der Waals surface area contributed by atoms with Crippen molar-refractivity contribution in [3.8, 4) is 5.75 Å². The predicted molar refractivity (Wildman–Crippen MR) is 123 cm³/mol. The minimum Gasteiger partial charge on any atom is -0.494 e. The van der Waals surface area contributed by atoms with Gasteiger partial charge in [-0.2, -0.15) is 0 Å². The normalized spacial score (nSPS) is 15.2. The Labute approximate surface area is 180 Å². The quantitative estimate of drug-likeness (QED) is 0.559. The Bertz CT molecular complexity index is 815. The Morgan fingerprint density at radius 1 is 1.17 bits per heavy atom. The van der Waals surface area contributed by atoms with Crippen LogP contribution < -0.4 is 15.0 Å². The second kappa shape index (κ2) is 10.8. The van der Waals surface area contributed by atoms with Crippen LogP contribution in [0.2, 0.25) is 0 Å². The molecule has 1 aromatic heterocycles. The monoisotopic (exact) mass is 410 g/mol. The fourth-order valence-electron chi connectivity index (χ4n) is 3.64. The zero-order valence-electron chi connectivity index (χ0n) is 18.6. The second-order valence-electron chi connectivity index (χ2n) is 7.61. The van der Waals surface area contributed by atoms with Crippen molar-refractivity contribution in [2.75, 3.05) is 58.8 Å². The highest BCUT2D eigenvalue weighted by atomic mass is 16.5. The van der Waals surface area contributed by atoms with Gasteiger partial charge in [0.25, 0.3) is 0 Å². The van der Waals surface area contributed by atoms with Crippen LogP contribution >= 0.6 is 0 Å². The summed E-state index contributed by atoms with van der Waals surface area (Å²) in [6.45, 7) is 8.28. The minimum atomic E-state index is 0.681. The average Bonchev–Trinajstić information content (AvgIpc) is 2.77. The van der Waals surface area contributed by atoms with Gasteiger partial charge in [0.05, 0.1) is 6.61 Å². The van der Waals surface area contributed by atoms with Crippen LogP contribution in [0, 0.1) is 0 Å². The molecular weight excluding hydrogens is 376 g/mol. The van der Waals surface area contributed by atoms with Crippen LogP contribution in [-0.4, -0.2) is 74.7 Å². The number of guanidine groups is 1. The first kappa shape index (κ1) is 21.9. The molecule has 1 aliphatic rings. The van der Waals surface area contributed by atoms with Crippen LogP contribution in [0.3, 0.4) is 0 Å². The molecule has 30 heavy (non-hydrogen) atoms. The molecule has 7 heteroatoms. The molecule has 0 unspecified atom stereocenters. The van der Waals surface area contributed by atoms with Crippen LogP contribution in [0.1, 0.15) is 18.1 Å². The van der Waals surface area contributed by atoms with Gasteiger partial charge in [-0.05, 0) is 37.7 Å². The first-order chi connectivity index (χ1) is 14.6. The van der Waals surface area contributed by atoms with Gasteiger partial charge in [-0.15, -0.1) is 0 Å². The Morgan fingerprint density at radius 3 is 2.57 bits per heavy atom. The number of rotatable bonds is 7. The molecule has 0 aliphatic carbocycles. The summed E-state index contributed by atoms with van der Waals surface area (Å²) in [6.07, 6.45) is 1.88. The number of aromatic nitrogens is 1. The number of ether oxygens (including phenoxy) is 1. The summed E-state index contributed by atoms with van der Waals surface area (Å²) in [5.41, 5.74) is 2.40. The molecule has 0 atom stereocenters. The first-order valence-electron chi connectivity index (χ1n) is 10.6. The Hall–Kier alpha value is -2.80. The number of nitrogens with zero attached hydrogens (tertiary/aromatic N) is 5. The van der Waals surface area contributed by atoms with E-state index in [1.165, 1.54) is 11.1 Å². The van der Waals surface area contributed by atoms with E-state index in [-0.39, 0.29) is 0 Å². The highest BCUT2D eigenvalue weighted by Crippen LogP contribution is 2.19. The molecular formula is C23H34N6O. The summed E-state index contributed by atoms with van der Waals surface area (Å²) in [6, 6.07) is 12.4. The smallest absolute Gasteiger partial charge is 0.193 e. The standard InChI is InChI=1S/C23H34N6O/c1-5-30-21-10-8-19(9-11-21)18-28(4)23(24-2)26-17-20-7-6-12-25-22(20)29-15-13-27(3)14-16-29/h6-12H,5,13-18H2,1-4H3,(H,24,26). The summed E-state index contributed by atoms with van der Waals surface area (Å²) in [7, 11) is 6.04. The van der Waals surface area contributed by atoms with Gasteiger partial charge < -0.3 is 24.8 Å². The van der Waals surface area contributed by atoms with Gasteiger partial charge in [-0.25, -0.2) is 4.98 Å². The molecule has 0 radical (unpaired) electrons. The molecule has 162 valence electrons. The number of likely N-dealkylation sites (N-methyl/N-ethyl adjacent to an activating group) is 1. The molecule has 2 heterocycles. The molecule has 0 amide bonds. The fraction of sp³-hybridized carbons (Fsp3) is 0.478. The fourth-order valence-corrected chi connectivity index (χ4v) is 3.64. The maximum absolute atomic E-state index is 5.53. The van der Waals surface area contributed by atoms with Crippen LogP contribution in [0.15, 0.2) is 47.6 Å². The second-order valence-corrected chi connectivity index (χ2v) is 7.61. The maximum Gasteiger partial charge on any atom is 0.193 e. The van der Waals surface area contributed by atoms with E-state index in [1.54, 1.807) is 0 Å². The lowest BCUT2D eigenvalue weighted by molar-refractivity contribution is 0.311. The van der Waals surface area contributed by atoms with Crippen molar-refractivity contribution in [1.82, 2.24) is 20.1 Å². The van der Waals surface area contributed by atoms with E-state index in [2.05, 4.69) is 62.3 Å². The van der Waals surface area contributed by atoms with Gasteiger partial charge in [-0.1, -0.05) is 18.2 Å². The number of aliphatic imine (C=N–C) groups is 1. The van der Waals surface area contributed by atoms with Gasteiger partial charge in [0, 0.05) is 65.1 Å². The zero-order chi connectivity index (χ0) is 21.3. The van der Waals surface area contributed by atoms with Crippen molar-refractivity contribution in [2.24, 2.45) is 4.99 Å². The van der Waals surface area contributed by atoms with Gasteiger partial charge in [0.1, 0.15) is 11.6 Å². The lowest BCUT2D eigenvalue weighted by Gasteiger charge is -2.34. The maximum atomic E-state index is 5.53. The predicted octanol–water partition coefficient (Wildman–Crippen LogP) is 2.44. The number of anilines is 1. The molecule has 2 aromatic rings. The highest BCUT2D eigenvalue weighted by molar-refractivity contribution is 5.79. The van der Waals surface area contributed by atoms with Crippen LogP contribution in [0.4, 0.5) is 5.82 Å². The third-order valence-electron chi connectivity index (χ3n) is 5.33. The largest absolute Gasteiger partial charge is 0.494 e. The minimum absolute atomic E-state index is 0.681. The molecule has 1 aromatic carbocycles. The first-order valence-corrected chi connectivity index (χ1v) is 10.6. The molecule has 7 nitrogen and oxygen atoms in total. The van der Waals surface area contributed by atoms with Crippen molar-refractivity contribution in [1.29, 1.82) is 0 Å². The van der Waals surface area contributed by atoms with E-state index in [0.717, 1.165) is 50.3 Å². The number of nitrogens with one attached hydrogen (secondary N) is 1. The summed E-state index contributed by atoms with van der Waals surface area (Å²) >= 11 is 0. The third kappa shape index (κ3) is 5.86. The molecule has 0 spiro atoms. The van der Waals surface area contributed by atoms with Crippen LogP contribution in [0.25, 0.3) is 0 Å². The molecule has 1 aliphatic heterocycles. The topological polar surface area (TPSA) is 56.2 Å². The molecule has 1 saturated heterocycles. The summed E-state index contributed by atoms with van der Waals surface area (Å²) in [4.78, 5) is 16.0.